The highest BCUT2D eigenvalue weighted by atomic mass is 31.1. The first-order valence-corrected chi connectivity index (χ1v) is 12.5. The van der Waals surface area contributed by atoms with Crippen LogP contribution < -0.4 is 10.6 Å². The van der Waals surface area contributed by atoms with Gasteiger partial charge in [0.1, 0.15) is 0 Å². The fourth-order valence-electron chi connectivity index (χ4n) is 4.28. The predicted octanol–water partition coefficient (Wildman–Crippen LogP) is 5.56. The zero-order valence-corrected chi connectivity index (χ0v) is 20.0. The van der Waals surface area contributed by atoms with E-state index in [0.717, 1.165) is 6.54 Å². The summed E-state index contributed by atoms with van der Waals surface area (Å²) >= 11 is 0. The minimum absolute atomic E-state index is 0.0318. The molecule has 0 saturated heterocycles. The Hall–Kier alpha value is -1.99. The SMILES string of the molecule is CO[C@H](c1ccccc1)[C@H](C)N(C)C[C]1[CH][CH][CH][C]1P(c1ccccc1)c1ccccc1. The lowest BCUT2D eigenvalue weighted by molar-refractivity contribution is 0.0320. The van der Waals surface area contributed by atoms with Gasteiger partial charge in [-0.2, -0.15) is 0 Å². The number of benzene rings is 3. The van der Waals surface area contributed by atoms with Gasteiger partial charge in [-0.15, -0.1) is 0 Å². The molecule has 2 nitrogen and oxygen atoms in total. The van der Waals surface area contributed by atoms with Gasteiger partial charge in [-0.25, -0.2) is 0 Å². The molecule has 1 fully saturated rings. The van der Waals surface area contributed by atoms with Gasteiger partial charge in [-0.3, -0.25) is 0 Å². The Morgan fingerprint density at radius 3 is 1.84 bits per heavy atom. The first-order chi connectivity index (χ1) is 15.7. The third-order valence-electron chi connectivity index (χ3n) is 6.09. The van der Waals surface area contributed by atoms with Gasteiger partial charge < -0.3 is 9.64 Å². The molecule has 0 unspecified atom stereocenters. The first kappa shape index (κ1) is 23.2. The molecular formula is C29H31NOP. The maximum atomic E-state index is 5.92. The van der Waals surface area contributed by atoms with Crippen molar-refractivity contribution in [3.05, 3.63) is 127 Å². The average molecular weight is 441 g/mol. The molecule has 3 aromatic carbocycles. The van der Waals surface area contributed by atoms with Crippen molar-refractivity contribution in [2.24, 2.45) is 0 Å². The van der Waals surface area contributed by atoms with Crippen LogP contribution in [-0.4, -0.2) is 31.6 Å². The van der Waals surface area contributed by atoms with Crippen molar-refractivity contribution in [1.82, 2.24) is 4.90 Å². The molecule has 0 amide bonds. The number of methoxy groups -OCH3 is 1. The van der Waals surface area contributed by atoms with E-state index in [4.69, 9.17) is 4.74 Å². The normalized spacial score (nSPS) is 17.2. The van der Waals surface area contributed by atoms with Crippen molar-refractivity contribution in [3.63, 3.8) is 0 Å². The lowest BCUT2D eigenvalue weighted by Crippen LogP contribution is -2.38. The van der Waals surface area contributed by atoms with Crippen LogP contribution in [0.25, 0.3) is 0 Å². The fourth-order valence-corrected chi connectivity index (χ4v) is 6.74. The van der Waals surface area contributed by atoms with Gasteiger partial charge >= 0.3 is 0 Å². The molecule has 3 heteroatoms. The number of nitrogens with zero attached hydrogens (tertiary/aromatic N) is 1. The third-order valence-corrected chi connectivity index (χ3v) is 8.63. The van der Waals surface area contributed by atoms with Gasteiger partial charge in [0, 0.05) is 31.3 Å². The molecule has 3 aromatic rings. The molecular weight excluding hydrogens is 409 g/mol. The van der Waals surface area contributed by atoms with E-state index in [-0.39, 0.29) is 12.1 Å². The highest BCUT2D eigenvalue weighted by molar-refractivity contribution is 7.76. The van der Waals surface area contributed by atoms with E-state index in [1.807, 2.05) is 0 Å². The van der Waals surface area contributed by atoms with Crippen molar-refractivity contribution >= 4 is 18.5 Å². The summed E-state index contributed by atoms with van der Waals surface area (Å²) < 4.78 is 5.92. The molecule has 0 aromatic heterocycles. The summed E-state index contributed by atoms with van der Waals surface area (Å²) in [5.74, 6) is 1.39. The maximum Gasteiger partial charge on any atom is 0.0973 e. The lowest BCUT2D eigenvalue weighted by Gasteiger charge is -2.36. The number of ether oxygens (including phenoxy) is 1. The Labute approximate surface area is 195 Å². The van der Waals surface area contributed by atoms with E-state index in [1.165, 1.54) is 27.7 Å². The maximum absolute atomic E-state index is 5.92. The third kappa shape index (κ3) is 5.31. The van der Waals surface area contributed by atoms with Crippen molar-refractivity contribution < 1.29 is 4.74 Å². The first-order valence-electron chi connectivity index (χ1n) is 11.1. The van der Waals surface area contributed by atoms with Gasteiger partial charge in [-0.05, 0) is 57.3 Å². The molecule has 0 bridgehead atoms. The molecule has 1 aliphatic carbocycles. The standard InChI is InChI=1S/C29H31NOP/c1-23(29(31-3)24-14-7-4-8-15-24)30(2)22-25-16-13-21-28(25)32(26-17-9-5-10-18-26)27-19-11-6-12-20-27/h4-21,23,29H,22H2,1-3H3/t23-,29-/m0/s1. The van der Waals surface area contributed by atoms with Crippen LogP contribution in [0.15, 0.2) is 91.0 Å². The van der Waals surface area contributed by atoms with Crippen LogP contribution in [0, 0.1) is 30.8 Å². The van der Waals surface area contributed by atoms with Crippen LogP contribution >= 0.6 is 7.92 Å². The topological polar surface area (TPSA) is 12.5 Å². The molecule has 2 atom stereocenters. The van der Waals surface area contributed by atoms with E-state index >= 15 is 0 Å². The minimum atomic E-state index is -0.600. The van der Waals surface area contributed by atoms with Crippen molar-refractivity contribution in [1.29, 1.82) is 0 Å². The molecule has 0 aliphatic heterocycles. The minimum Gasteiger partial charge on any atom is -0.375 e. The largest absolute Gasteiger partial charge is 0.375 e. The van der Waals surface area contributed by atoms with E-state index in [0.29, 0.717) is 0 Å². The van der Waals surface area contributed by atoms with E-state index in [2.05, 4.69) is 129 Å². The number of likely N-dealkylation sites (N-methyl/N-ethyl adjacent to an activating group) is 1. The van der Waals surface area contributed by atoms with Crippen LogP contribution in [0.5, 0.6) is 0 Å². The van der Waals surface area contributed by atoms with Crippen LogP contribution in [0.1, 0.15) is 18.6 Å². The molecule has 0 N–H and O–H groups in total. The molecule has 5 radical (unpaired) electrons. The quantitative estimate of drug-likeness (QED) is 0.404. The monoisotopic (exact) mass is 440 g/mol. The molecule has 32 heavy (non-hydrogen) atoms. The van der Waals surface area contributed by atoms with E-state index < -0.39 is 7.92 Å². The Balaban J connectivity index is 1.54. The average Bonchev–Trinajstić information content (AvgIpc) is 3.29. The summed E-state index contributed by atoms with van der Waals surface area (Å²) in [6.45, 7) is 3.13. The van der Waals surface area contributed by atoms with Crippen LogP contribution in [-0.2, 0) is 4.74 Å². The molecule has 1 aliphatic rings. The Kier molecular flexibility index (Phi) is 8.14. The number of hydrogen-bond donors (Lipinski definition) is 0. The van der Waals surface area contributed by atoms with Crippen molar-refractivity contribution in [3.8, 4) is 0 Å². The second-order valence-electron chi connectivity index (χ2n) is 8.17. The van der Waals surface area contributed by atoms with E-state index in [1.54, 1.807) is 7.11 Å². The highest BCUT2D eigenvalue weighted by Gasteiger charge is 2.38. The second kappa shape index (κ2) is 11.2. The van der Waals surface area contributed by atoms with Gasteiger partial charge in [0.2, 0.25) is 0 Å². The summed E-state index contributed by atoms with van der Waals surface area (Å²) in [6.07, 6.45) is 6.83. The summed E-state index contributed by atoms with van der Waals surface area (Å²) in [6, 6.07) is 32.6. The van der Waals surface area contributed by atoms with Crippen LogP contribution in [0.4, 0.5) is 0 Å². The molecule has 4 rings (SSSR count). The molecule has 1 saturated carbocycles. The second-order valence-corrected chi connectivity index (χ2v) is 10.4. The zero-order chi connectivity index (χ0) is 22.3. The summed E-state index contributed by atoms with van der Waals surface area (Å²) in [4.78, 5) is 2.41. The lowest BCUT2D eigenvalue weighted by atomic mass is 10.0. The zero-order valence-electron chi connectivity index (χ0n) is 19.1. The molecule has 0 heterocycles. The van der Waals surface area contributed by atoms with Gasteiger partial charge in [-0.1, -0.05) is 91.0 Å². The molecule has 163 valence electrons. The van der Waals surface area contributed by atoms with Gasteiger partial charge in [0.05, 0.1) is 6.10 Å². The Morgan fingerprint density at radius 1 is 0.781 bits per heavy atom. The van der Waals surface area contributed by atoms with Gasteiger partial charge in [0.25, 0.3) is 0 Å². The summed E-state index contributed by atoms with van der Waals surface area (Å²) in [7, 11) is 3.40. The smallest absolute Gasteiger partial charge is 0.0973 e. The predicted molar refractivity (Wildman–Crippen MR) is 137 cm³/mol. The van der Waals surface area contributed by atoms with Gasteiger partial charge in [0.15, 0.2) is 0 Å². The van der Waals surface area contributed by atoms with Crippen molar-refractivity contribution in [2.75, 3.05) is 20.7 Å². The van der Waals surface area contributed by atoms with E-state index in [9.17, 15) is 0 Å². The Morgan fingerprint density at radius 2 is 1.31 bits per heavy atom. The van der Waals surface area contributed by atoms with Crippen molar-refractivity contribution in [2.45, 2.75) is 19.1 Å². The Bertz CT molecular complexity index is 894. The summed E-state index contributed by atoms with van der Waals surface area (Å²) in [5.41, 5.74) is 2.65. The van der Waals surface area contributed by atoms with Crippen LogP contribution in [0.2, 0.25) is 0 Å². The fraction of sp³-hybridized carbons (Fsp3) is 0.207. The number of rotatable bonds is 9. The summed E-state index contributed by atoms with van der Waals surface area (Å²) in [5, 5.41) is 2.77. The molecule has 0 spiro atoms. The highest BCUT2D eigenvalue weighted by Crippen LogP contribution is 2.56. The van der Waals surface area contributed by atoms with Crippen LogP contribution in [0.3, 0.4) is 0 Å². The number of hydrogen-bond acceptors (Lipinski definition) is 2.